The van der Waals surface area contributed by atoms with Gasteiger partial charge < -0.3 is 31.0 Å². The monoisotopic (exact) mass is 1250 g/mol. The molecule has 1 aromatic carbocycles. The maximum Gasteiger partial charge on any atom is 0.421 e. The molecule has 0 radical (unpaired) electrons. The fourth-order valence-corrected chi connectivity index (χ4v) is 13.1. The highest BCUT2D eigenvalue weighted by Crippen LogP contribution is 2.51. The summed E-state index contributed by atoms with van der Waals surface area (Å²) in [6, 6.07) is 20.4. The van der Waals surface area contributed by atoms with Crippen molar-refractivity contribution in [1.29, 1.82) is 0 Å². The topological polar surface area (TPSA) is 189 Å². The number of alkyl halides is 3. The molecule has 4 saturated carbocycles. The zero-order valence-corrected chi connectivity index (χ0v) is 51.3. The number of carbonyl (C=O) groups is 1. The molecular formula is C60H77Cl4F3N10O5S. The molecule has 15 nitrogen and oxygen atoms in total. The number of carbonyl (C=O) groups excluding carboxylic acids is 1. The van der Waals surface area contributed by atoms with Gasteiger partial charge in [-0.3, -0.25) is 9.80 Å². The van der Waals surface area contributed by atoms with Crippen LogP contribution in [-0.4, -0.2) is 162 Å². The van der Waals surface area contributed by atoms with Crippen LogP contribution in [0.2, 0.25) is 20.6 Å². The van der Waals surface area contributed by atoms with Gasteiger partial charge >= 0.3 is 6.18 Å². The van der Waals surface area contributed by atoms with Gasteiger partial charge in [-0.15, -0.1) is 0 Å². The Labute approximate surface area is 506 Å². The lowest BCUT2D eigenvalue weighted by Gasteiger charge is -2.40. The first kappa shape index (κ1) is 65.1. The molecule has 452 valence electrons. The number of piperazine rings is 3. The first-order chi connectivity index (χ1) is 39.4. The Balaban J connectivity index is 0.000000152. The second-order valence-corrected chi connectivity index (χ2v) is 27.1. The van der Waals surface area contributed by atoms with Crippen LogP contribution in [0.3, 0.4) is 0 Å². The van der Waals surface area contributed by atoms with Crippen molar-refractivity contribution in [3.8, 4) is 0 Å². The number of aliphatic hydroxyl groups excluding tert-OH is 1. The van der Waals surface area contributed by atoms with Gasteiger partial charge in [-0.2, -0.15) is 17.5 Å². The Morgan fingerprint density at radius 3 is 1.42 bits per heavy atom. The highest BCUT2D eigenvalue weighted by atomic mass is 35.5. The van der Waals surface area contributed by atoms with Crippen molar-refractivity contribution >= 4 is 62.7 Å². The number of hydrogen-bond donors (Lipinski definition) is 5. The van der Waals surface area contributed by atoms with Crippen LogP contribution in [0.5, 0.6) is 0 Å². The van der Waals surface area contributed by atoms with Crippen molar-refractivity contribution in [3.63, 3.8) is 0 Å². The Hall–Kier alpha value is -3.93. The number of aliphatic hydroxyl groups is 2. The Kier molecular flexibility index (Phi) is 21.5. The van der Waals surface area contributed by atoms with Gasteiger partial charge in [0.25, 0.3) is 0 Å². The molecule has 5 N–H and O–H groups in total. The first-order valence-electron chi connectivity index (χ1n) is 28.5. The van der Waals surface area contributed by atoms with Crippen molar-refractivity contribution in [3.05, 3.63) is 146 Å². The standard InChI is InChI=1S/C23H27ClF3N3O3S.C14H20ClN3.C9H10ClNO.C9H8ClNO.C5H12N2/c1-16-14-29(15-22(9-10-22)18-5-8-20(24)28-13-18)11-12-30(16)34(32,33)19-6-3-17(4-7-19)21(2,31)23(25,26)27;1-11-9-18(7-6-16-11)10-14(4-5-14)12-2-3-13(15)17-8-12;2*10-8-2-1-7(5-11-8)9(6-12)3-4-9;1-5-4-6-2-3-7-5/h3-8,13,16,31H,9-12,14-15H2,1-2H3;2-3,8,11,16H,4-7,9-10H2,1H3;1-2,5,12H,3-4,6H2;1-2,5-6H,3-4H2;5-7H,2-4H2,1H3/t16-,21?;11-;;;5-/m11..1/s1. The summed E-state index contributed by atoms with van der Waals surface area (Å²) in [6.07, 6.45) is 12.0. The maximum atomic E-state index is 13.2. The third-order valence-electron chi connectivity index (χ3n) is 17.2. The Morgan fingerprint density at radius 2 is 1.07 bits per heavy atom. The minimum absolute atomic E-state index is 0.0115. The van der Waals surface area contributed by atoms with Gasteiger partial charge in [0.2, 0.25) is 10.0 Å². The average Bonchev–Trinajstić information content (AvgIpc) is 3.58. The summed E-state index contributed by atoms with van der Waals surface area (Å²) in [4.78, 5) is 31.8. The number of nitrogens with one attached hydrogen (secondary N) is 3. The van der Waals surface area contributed by atoms with Crippen LogP contribution in [0.25, 0.3) is 0 Å². The Bertz CT molecular complexity index is 3000. The van der Waals surface area contributed by atoms with Gasteiger partial charge in [0.15, 0.2) is 5.60 Å². The fraction of sp³-hybridized carbons (Fsp3) is 0.550. The summed E-state index contributed by atoms with van der Waals surface area (Å²) in [7, 11) is -3.90. The number of nitrogens with zero attached hydrogens (tertiary/aromatic N) is 7. The molecule has 7 fully saturated rings. The number of pyridine rings is 4. The van der Waals surface area contributed by atoms with E-state index in [4.69, 9.17) is 51.5 Å². The lowest BCUT2D eigenvalue weighted by atomic mass is 9.96. The molecule has 4 aromatic heterocycles. The highest BCUT2D eigenvalue weighted by Gasteiger charge is 2.52. The maximum absolute atomic E-state index is 13.2. The van der Waals surface area contributed by atoms with Crippen LogP contribution in [0.1, 0.15) is 107 Å². The van der Waals surface area contributed by atoms with E-state index in [9.17, 15) is 31.5 Å². The largest absolute Gasteiger partial charge is 0.421 e. The Morgan fingerprint density at radius 1 is 0.614 bits per heavy atom. The predicted molar refractivity (Wildman–Crippen MR) is 320 cm³/mol. The molecule has 4 aliphatic carbocycles. The summed E-state index contributed by atoms with van der Waals surface area (Å²) in [5, 5.41) is 31.0. The van der Waals surface area contributed by atoms with Crippen molar-refractivity contribution in [1.82, 2.24) is 50.0 Å². The molecule has 7 heterocycles. The number of aldehydes is 1. The number of aromatic nitrogens is 4. The van der Waals surface area contributed by atoms with E-state index >= 15 is 0 Å². The number of halogens is 7. The van der Waals surface area contributed by atoms with Gasteiger partial charge in [-0.05, 0) is 143 Å². The van der Waals surface area contributed by atoms with E-state index in [1.54, 1.807) is 36.8 Å². The first-order valence-corrected chi connectivity index (χ1v) is 31.4. The van der Waals surface area contributed by atoms with E-state index < -0.39 is 27.4 Å². The molecule has 5 aromatic rings. The smallest absolute Gasteiger partial charge is 0.395 e. The summed E-state index contributed by atoms with van der Waals surface area (Å²) < 4.78 is 67.1. The second-order valence-electron chi connectivity index (χ2n) is 23.7. The van der Waals surface area contributed by atoms with E-state index in [0.29, 0.717) is 58.1 Å². The quantitative estimate of drug-likeness (QED) is 0.0554. The van der Waals surface area contributed by atoms with E-state index in [2.05, 4.69) is 65.6 Å². The van der Waals surface area contributed by atoms with Crippen LogP contribution in [0.4, 0.5) is 13.2 Å². The number of sulfonamides is 1. The summed E-state index contributed by atoms with van der Waals surface area (Å²) in [5.74, 6) is 0. The molecule has 1 unspecified atom stereocenters. The molecule has 83 heavy (non-hydrogen) atoms. The summed E-state index contributed by atoms with van der Waals surface area (Å²) in [6.45, 7) is 17.3. The van der Waals surface area contributed by atoms with Crippen LogP contribution in [0.15, 0.2) is 102 Å². The van der Waals surface area contributed by atoms with Crippen LogP contribution >= 0.6 is 46.4 Å². The molecule has 0 bridgehead atoms. The third kappa shape index (κ3) is 16.8. The minimum Gasteiger partial charge on any atom is -0.395 e. The van der Waals surface area contributed by atoms with E-state index in [1.807, 2.05) is 37.4 Å². The molecule has 4 atom stereocenters. The molecule has 0 spiro atoms. The van der Waals surface area contributed by atoms with Crippen molar-refractivity contribution in [2.75, 3.05) is 78.6 Å². The van der Waals surface area contributed by atoms with Crippen LogP contribution in [0, 0.1) is 0 Å². The lowest BCUT2D eigenvalue weighted by Crippen LogP contribution is -2.55. The third-order valence-corrected chi connectivity index (χ3v) is 20.1. The van der Waals surface area contributed by atoms with Crippen molar-refractivity contribution < 1.29 is 36.6 Å². The number of hydrogen-bond acceptors (Lipinski definition) is 14. The van der Waals surface area contributed by atoms with Crippen LogP contribution in [-0.2, 0) is 42.1 Å². The molecular weight excluding hydrogens is 1170 g/mol. The van der Waals surface area contributed by atoms with Gasteiger partial charge in [0.1, 0.15) is 26.9 Å². The average molecular weight is 1250 g/mol. The van der Waals surface area contributed by atoms with Gasteiger partial charge in [0.05, 0.1) is 16.9 Å². The predicted octanol–water partition coefficient (Wildman–Crippen LogP) is 9.28. The second kappa shape index (κ2) is 27.4. The highest BCUT2D eigenvalue weighted by molar-refractivity contribution is 7.89. The molecule has 3 saturated heterocycles. The molecule has 3 aliphatic heterocycles. The number of rotatable bonds is 13. The van der Waals surface area contributed by atoms with Crippen molar-refractivity contribution in [2.45, 2.75) is 136 Å². The van der Waals surface area contributed by atoms with Crippen molar-refractivity contribution in [2.24, 2.45) is 0 Å². The number of benzene rings is 1. The SMILES string of the molecule is C[C@@H]1CN(CC2(c3ccc(Cl)nc3)CC2)CCN1.C[C@@H]1CN(CC2(c3ccc(Cl)nc3)CC2)CCN1S(=O)(=O)c1ccc(C(C)(O)C(F)(F)F)cc1.C[C@@H]1CNCCN1.O=CC1(c2ccc(Cl)nc2)CC1.OCC1(c2ccc(Cl)nc2)CC1. The fourth-order valence-electron chi connectivity index (χ4n) is 11.0. The minimum atomic E-state index is -4.88. The zero-order chi connectivity index (χ0) is 59.9. The van der Waals surface area contributed by atoms with E-state index in [-0.39, 0.29) is 40.3 Å². The lowest BCUT2D eigenvalue weighted by molar-refractivity contribution is -0.258. The van der Waals surface area contributed by atoms with E-state index in [0.717, 1.165) is 132 Å². The molecule has 12 rings (SSSR count). The zero-order valence-electron chi connectivity index (χ0n) is 47.5. The molecule has 0 amide bonds. The van der Waals surface area contributed by atoms with E-state index in [1.165, 1.54) is 29.3 Å². The van der Waals surface area contributed by atoms with Gasteiger partial charge in [-0.1, -0.05) is 82.8 Å². The van der Waals surface area contributed by atoms with Gasteiger partial charge in [-0.25, -0.2) is 28.4 Å². The normalized spacial score (nSPS) is 23.7. The molecule has 7 aliphatic rings. The summed E-state index contributed by atoms with van der Waals surface area (Å²) in [5.41, 5.74) is 1.27. The summed E-state index contributed by atoms with van der Waals surface area (Å²) >= 11 is 23.0. The van der Waals surface area contributed by atoms with Gasteiger partial charge in [0, 0.05) is 131 Å². The molecule has 23 heteroatoms. The van der Waals surface area contributed by atoms with Crippen LogP contribution < -0.4 is 16.0 Å².